The molecule has 0 atom stereocenters. The van der Waals surface area contributed by atoms with Gasteiger partial charge in [0, 0.05) is 18.6 Å². The fourth-order valence-corrected chi connectivity index (χ4v) is 1.90. The molecular formula is C12H12F2N2O2. The van der Waals surface area contributed by atoms with Gasteiger partial charge in [-0.3, -0.25) is 4.79 Å². The second kappa shape index (κ2) is 4.72. The Hall–Kier alpha value is -1.98. The molecule has 0 saturated heterocycles. The van der Waals surface area contributed by atoms with E-state index < -0.39 is 17.6 Å². The van der Waals surface area contributed by atoms with Gasteiger partial charge in [0.25, 0.3) is 0 Å². The highest BCUT2D eigenvalue weighted by molar-refractivity contribution is 5.78. The van der Waals surface area contributed by atoms with Crippen molar-refractivity contribution >= 4 is 17.0 Å². The van der Waals surface area contributed by atoms with Gasteiger partial charge < -0.3 is 9.67 Å². The average Bonchev–Trinajstić information content (AvgIpc) is 2.58. The second-order valence-electron chi connectivity index (χ2n) is 4.01. The first kappa shape index (κ1) is 12.5. The molecule has 0 aliphatic carbocycles. The molecule has 0 aliphatic rings. The van der Waals surface area contributed by atoms with Crippen LogP contribution in [0.4, 0.5) is 8.78 Å². The fraction of sp³-hybridized carbons (Fsp3) is 0.333. The summed E-state index contributed by atoms with van der Waals surface area (Å²) in [4.78, 5) is 15.0. The molecule has 0 unspecified atom stereocenters. The van der Waals surface area contributed by atoms with Gasteiger partial charge in [-0.05, 0) is 6.42 Å². The molecule has 18 heavy (non-hydrogen) atoms. The van der Waals surface area contributed by atoms with E-state index in [1.165, 1.54) is 4.57 Å². The third kappa shape index (κ3) is 2.18. The van der Waals surface area contributed by atoms with Crippen LogP contribution in [0.2, 0.25) is 0 Å². The van der Waals surface area contributed by atoms with E-state index in [1.807, 2.05) is 6.92 Å². The van der Waals surface area contributed by atoms with Crippen molar-refractivity contribution in [2.24, 2.45) is 0 Å². The Kier molecular flexibility index (Phi) is 3.27. The summed E-state index contributed by atoms with van der Waals surface area (Å²) < 4.78 is 27.7. The number of nitrogens with zero attached hydrogens (tertiary/aromatic N) is 2. The predicted molar refractivity (Wildman–Crippen MR) is 61.3 cm³/mol. The van der Waals surface area contributed by atoms with Crippen LogP contribution in [0.3, 0.4) is 0 Å². The van der Waals surface area contributed by atoms with Crippen LogP contribution in [-0.2, 0) is 17.8 Å². The lowest BCUT2D eigenvalue weighted by Crippen LogP contribution is -2.12. The predicted octanol–water partition coefficient (Wildman–Crippen LogP) is 2.35. The molecule has 0 saturated carbocycles. The smallest absolute Gasteiger partial charge is 0.323 e. The Morgan fingerprint density at radius 1 is 1.39 bits per heavy atom. The molecular weight excluding hydrogens is 242 g/mol. The van der Waals surface area contributed by atoms with Gasteiger partial charge in [-0.1, -0.05) is 6.92 Å². The molecule has 0 spiro atoms. The molecule has 1 aromatic heterocycles. The number of carbonyl (C=O) groups is 1. The Bertz CT molecular complexity index is 608. The van der Waals surface area contributed by atoms with E-state index in [-0.39, 0.29) is 12.1 Å². The van der Waals surface area contributed by atoms with Gasteiger partial charge in [-0.25, -0.2) is 13.8 Å². The largest absolute Gasteiger partial charge is 0.480 e. The fourth-order valence-electron chi connectivity index (χ4n) is 1.90. The SMILES string of the molecule is CCCc1nc2cc(F)c(F)cc2n1CC(=O)O. The number of imidazole rings is 1. The minimum atomic E-state index is -1.05. The summed E-state index contributed by atoms with van der Waals surface area (Å²) in [6.45, 7) is 1.61. The van der Waals surface area contributed by atoms with Gasteiger partial charge in [0.2, 0.25) is 0 Å². The summed E-state index contributed by atoms with van der Waals surface area (Å²) in [7, 11) is 0. The molecule has 4 nitrogen and oxygen atoms in total. The number of carboxylic acids is 1. The van der Waals surface area contributed by atoms with Crippen LogP contribution in [0.5, 0.6) is 0 Å². The maximum absolute atomic E-state index is 13.2. The van der Waals surface area contributed by atoms with E-state index in [2.05, 4.69) is 4.98 Å². The van der Waals surface area contributed by atoms with Crippen molar-refractivity contribution in [1.29, 1.82) is 0 Å². The van der Waals surface area contributed by atoms with E-state index >= 15 is 0 Å². The molecule has 1 N–H and O–H groups in total. The number of aryl methyl sites for hydroxylation is 1. The van der Waals surface area contributed by atoms with Crippen LogP contribution in [0.1, 0.15) is 19.2 Å². The lowest BCUT2D eigenvalue weighted by Gasteiger charge is -2.05. The summed E-state index contributed by atoms with van der Waals surface area (Å²) in [6, 6.07) is 1.97. The summed E-state index contributed by atoms with van der Waals surface area (Å²) in [5, 5.41) is 8.84. The number of aliphatic carboxylic acids is 1. The molecule has 1 aromatic carbocycles. The maximum atomic E-state index is 13.2. The minimum absolute atomic E-state index is 0.276. The molecule has 0 bridgehead atoms. The molecule has 0 amide bonds. The first-order valence-corrected chi connectivity index (χ1v) is 5.59. The molecule has 0 fully saturated rings. The average molecular weight is 254 g/mol. The van der Waals surface area contributed by atoms with Crippen molar-refractivity contribution in [1.82, 2.24) is 9.55 Å². The van der Waals surface area contributed by atoms with Crippen LogP contribution in [0.25, 0.3) is 11.0 Å². The Labute approximate surface area is 102 Å². The van der Waals surface area contributed by atoms with E-state index in [1.54, 1.807) is 0 Å². The molecule has 1 heterocycles. The first-order chi connectivity index (χ1) is 8.52. The van der Waals surface area contributed by atoms with Crippen molar-refractivity contribution in [2.45, 2.75) is 26.3 Å². The van der Waals surface area contributed by atoms with Crippen molar-refractivity contribution in [3.8, 4) is 0 Å². The van der Waals surface area contributed by atoms with Gasteiger partial charge in [0.1, 0.15) is 12.4 Å². The number of carboxylic acid groups (broad SMARTS) is 1. The number of benzene rings is 1. The first-order valence-electron chi connectivity index (χ1n) is 5.59. The zero-order valence-corrected chi connectivity index (χ0v) is 9.78. The number of hydrogen-bond acceptors (Lipinski definition) is 2. The van der Waals surface area contributed by atoms with Crippen molar-refractivity contribution in [3.05, 3.63) is 29.6 Å². The highest BCUT2D eigenvalue weighted by Gasteiger charge is 2.15. The molecule has 96 valence electrons. The highest BCUT2D eigenvalue weighted by atomic mass is 19.2. The van der Waals surface area contributed by atoms with Crippen LogP contribution in [0, 0.1) is 11.6 Å². The summed E-state index contributed by atoms with van der Waals surface area (Å²) >= 11 is 0. The van der Waals surface area contributed by atoms with E-state index in [9.17, 15) is 13.6 Å². The Balaban J connectivity index is 2.64. The van der Waals surface area contributed by atoms with Crippen molar-refractivity contribution in [2.75, 3.05) is 0 Å². The Morgan fingerprint density at radius 3 is 2.67 bits per heavy atom. The van der Waals surface area contributed by atoms with Crippen LogP contribution in [-0.4, -0.2) is 20.6 Å². The van der Waals surface area contributed by atoms with Crippen LogP contribution in [0.15, 0.2) is 12.1 Å². The van der Waals surface area contributed by atoms with E-state index in [0.29, 0.717) is 17.8 Å². The van der Waals surface area contributed by atoms with Crippen LogP contribution >= 0.6 is 0 Å². The monoisotopic (exact) mass is 254 g/mol. The van der Waals surface area contributed by atoms with E-state index in [0.717, 1.165) is 18.6 Å². The van der Waals surface area contributed by atoms with Gasteiger partial charge in [-0.15, -0.1) is 0 Å². The normalized spacial score (nSPS) is 11.1. The minimum Gasteiger partial charge on any atom is -0.480 e. The third-order valence-electron chi connectivity index (χ3n) is 2.64. The Morgan fingerprint density at radius 2 is 2.06 bits per heavy atom. The summed E-state index contributed by atoms with van der Waals surface area (Å²) in [5.41, 5.74) is 0.582. The maximum Gasteiger partial charge on any atom is 0.323 e. The number of hydrogen-bond donors (Lipinski definition) is 1. The number of aromatic nitrogens is 2. The van der Waals surface area contributed by atoms with Crippen molar-refractivity contribution in [3.63, 3.8) is 0 Å². The van der Waals surface area contributed by atoms with Gasteiger partial charge >= 0.3 is 5.97 Å². The molecule has 0 aliphatic heterocycles. The molecule has 6 heteroatoms. The van der Waals surface area contributed by atoms with Gasteiger partial charge in [0.05, 0.1) is 11.0 Å². The molecule has 2 rings (SSSR count). The lowest BCUT2D eigenvalue weighted by atomic mass is 10.3. The van der Waals surface area contributed by atoms with Gasteiger partial charge in [0.15, 0.2) is 11.6 Å². The second-order valence-corrected chi connectivity index (χ2v) is 4.01. The number of rotatable bonds is 4. The van der Waals surface area contributed by atoms with Gasteiger partial charge in [-0.2, -0.15) is 0 Å². The third-order valence-corrected chi connectivity index (χ3v) is 2.64. The van der Waals surface area contributed by atoms with Crippen molar-refractivity contribution < 1.29 is 18.7 Å². The molecule has 0 radical (unpaired) electrons. The highest BCUT2D eigenvalue weighted by Crippen LogP contribution is 2.20. The topological polar surface area (TPSA) is 55.1 Å². The molecule has 2 aromatic rings. The summed E-state index contributed by atoms with van der Waals surface area (Å²) in [5.74, 6) is -2.50. The summed E-state index contributed by atoms with van der Waals surface area (Å²) in [6.07, 6.45) is 1.33. The zero-order valence-electron chi connectivity index (χ0n) is 9.78. The lowest BCUT2D eigenvalue weighted by molar-refractivity contribution is -0.137. The standard InChI is InChI=1S/C12H12F2N2O2/c1-2-3-11-15-9-4-7(13)8(14)5-10(9)16(11)6-12(17)18/h4-5H,2-3,6H2,1H3,(H,17,18). The van der Waals surface area contributed by atoms with Crippen LogP contribution < -0.4 is 0 Å². The number of halogens is 2. The number of fused-ring (bicyclic) bond motifs is 1. The quantitative estimate of drug-likeness (QED) is 0.911. The van der Waals surface area contributed by atoms with E-state index in [4.69, 9.17) is 5.11 Å². The zero-order chi connectivity index (χ0) is 13.3.